The molecule has 0 bridgehead atoms. The molecule has 1 aromatic heterocycles. The van der Waals surface area contributed by atoms with Gasteiger partial charge in [-0.25, -0.2) is 4.98 Å². The lowest BCUT2D eigenvalue weighted by Gasteiger charge is -2.49. The number of aliphatic hydroxyl groups is 2. The fourth-order valence-electron chi connectivity index (χ4n) is 5.16. The Kier molecular flexibility index (Phi) is 5.08. The summed E-state index contributed by atoms with van der Waals surface area (Å²) >= 11 is 0. The summed E-state index contributed by atoms with van der Waals surface area (Å²) in [6.45, 7) is 6.51. The fourth-order valence-corrected chi connectivity index (χ4v) is 5.16. The number of hydrogen-bond acceptors (Lipinski definition) is 6. The van der Waals surface area contributed by atoms with Gasteiger partial charge in [0.05, 0.1) is 29.9 Å². The van der Waals surface area contributed by atoms with Crippen molar-refractivity contribution in [2.24, 2.45) is 5.92 Å². The molecule has 1 saturated carbocycles. The van der Waals surface area contributed by atoms with Gasteiger partial charge < -0.3 is 19.8 Å². The van der Waals surface area contributed by atoms with Gasteiger partial charge in [-0.1, -0.05) is 0 Å². The molecule has 0 spiro atoms. The van der Waals surface area contributed by atoms with Crippen LogP contribution in [0.25, 0.3) is 0 Å². The first-order valence-electron chi connectivity index (χ1n) is 10.1. The van der Waals surface area contributed by atoms with Crippen LogP contribution < -0.4 is 4.90 Å². The minimum Gasteiger partial charge on any atom is -0.391 e. The second-order valence-corrected chi connectivity index (χ2v) is 9.11. The van der Waals surface area contributed by atoms with Crippen molar-refractivity contribution in [1.82, 2.24) is 9.88 Å². The molecular formula is C20H28F3N3O3. The van der Waals surface area contributed by atoms with E-state index >= 15 is 0 Å². The van der Waals surface area contributed by atoms with Crippen molar-refractivity contribution in [2.45, 2.75) is 56.2 Å². The fraction of sp³-hybridized carbons (Fsp3) is 0.750. The molecule has 0 amide bonds. The Morgan fingerprint density at radius 3 is 2.45 bits per heavy atom. The lowest BCUT2D eigenvalue weighted by Crippen LogP contribution is -2.64. The second kappa shape index (κ2) is 7.08. The van der Waals surface area contributed by atoms with Crippen molar-refractivity contribution in [1.29, 1.82) is 0 Å². The summed E-state index contributed by atoms with van der Waals surface area (Å²) in [5.41, 5.74) is -2.15. The van der Waals surface area contributed by atoms with Crippen LogP contribution in [0.2, 0.25) is 0 Å². The first-order valence-corrected chi connectivity index (χ1v) is 10.1. The van der Waals surface area contributed by atoms with Crippen molar-refractivity contribution in [3.05, 3.63) is 23.9 Å². The van der Waals surface area contributed by atoms with E-state index in [0.29, 0.717) is 44.8 Å². The van der Waals surface area contributed by atoms with Crippen molar-refractivity contribution in [2.75, 3.05) is 37.7 Å². The van der Waals surface area contributed by atoms with Gasteiger partial charge in [-0.15, -0.1) is 0 Å². The Bertz CT molecular complexity index is 735. The van der Waals surface area contributed by atoms with Crippen molar-refractivity contribution in [3.8, 4) is 0 Å². The number of hydrogen-bond donors (Lipinski definition) is 2. The van der Waals surface area contributed by atoms with Gasteiger partial charge in [0.25, 0.3) is 0 Å². The minimum absolute atomic E-state index is 0.0131. The van der Waals surface area contributed by atoms with E-state index in [-0.39, 0.29) is 18.1 Å². The smallest absolute Gasteiger partial charge is 0.391 e. The van der Waals surface area contributed by atoms with Crippen LogP contribution in [0, 0.1) is 5.92 Å². The number of ether oxygens (including phenoxy) is 1. The number of aromatic nitrogens is 1. The number of fused-ring (bicyclic) bond motifs is 1. The lowest BCUT2D eigenvalue weighted by atomic mass is 9.78. The molecular weight excluding hydrogens is 387 g/mol. The highest BCUT2D eigenvalue weighted by atomic mass is 19.4. The molecule has 1 aliphatic carbocycles. The average molecular weight is 415 g/mol. The van der Waals surface area contributed by atoms with Crippen molar-refractivity contribution < 1.29 is 28.1 Å². The van der Waals surface area contributed by atoms with Crippen molar-refractivity contribution >= 4 is 5.82 Å². The summed E-state index contributed by atoms with van der Waals surface area (Å²) in [4.78, 5) is 7.99. The number of rotatable bonds is 2. The van der Waals surface area contributed by atoms with Gasteiger partial charge in [0, 0.05) is 32.4 Å². The maximum Gasteiger partial charge on any atom is 0.417 e. The number of alkyl halides is 3. The van der Waals surface area contributed by atoms with Crippen molar-refractivity contribution in [3.63, 3.8) is 0 Å². The number of nitrogens with zero attached hydrogens (tertiary/aromatic N) is 3. The number of piperazine rings is 1. The Hall–Kier alpha value is -1.42. The molecule has 2 N–H and O–H groups in total. The van der Waals surface area contributed by atoms with Crippen LogP contribution >= 0.6 is 0 Å². The van der Waals surface area contributed by atoms with E-state index in [1.165, 1.54) is 6.07 Å². The van der Waals surface area contributed by atoms with E-state index in [9.17, 15) is 23.4 Å². The molecule has 29 heavy (non-hydrogen) atoms. The van der Waals surface area contributed by atoms with E-state index in [0.717, 1.165) is 12.3 Å². The van der Waals surface area contributed by atoms with Crippen LogP contribution in [0.15, 0.2) is 18.3 Å². The van der Waals surface area contributed by atoms with E-state index < -0.39 is 29.5 Å². The van der Waals surface area contributed by atoms with Crippen LogP contribution in [-0.2, 0) is 10.9 Å². The summed E-state index contributed by atoms with van der Waals surface area (Å²) in [7, 11) is 0. The standard InChI is InChI=1S/C20H28F3N3O3/c1-18(2)10-14-9-15(27)17(19(14,28)12-29-18)26-7-5-25(6-8-26)16-4-3-13(11-24-16)20(21,22)23/h3-4,11,14-15,17,27-28H,5-10,12H2,1-2H3/t14-,15-,17+,19+/m1/s1. The zero-order chi connectivity index (χ0) is 21.0. The average Bonchev–Trinajstić information content (AvgIpc) is 2.90. The Morgan fingerprint density at radius 2 is 1.86 bits per heavy atom. The molecule has 9 heteroatoms. The Balaban J connectivity index is 1.42. The number of aliphatic hydroxyl groups excluding tert-OH is 1. The Morgan fingerprint density at radius 1 is 1.17 bits per heavy atom. The maximum atomic E-state index is 12.7. The van der Waals surface area contributed by atoms with Gasteiger partial charge in [-0.3, -0.25) is 4.90 Å². The highest BCUT2D eigenvalue weighted by Gasteiger charge is 2.59. The molecule has 4 atom stereocenters. The quantitative estimate of drug-likeness (QED) is 0.769. The van der Waals surface area contributed by atoms with Crippen LogP contribution in [0.4, 0.5) is 19.0 Å². The summed E-state index contributed by atoms with van der Waals surface area (Å²) in [5.74, 6) is 0.491. The zero-order valence-electron chi connectivity index (χ0n) is 16.7. The van der Waals surface area contributed by atoms with Crippen LogP contribution in [0.5, 0.6) is 0 Å². The van der Waals surface area contributed by atoms with E-state index in [1.54, 1.807) is 0 Å². The molecule has 0 radical (unpaired) electrons. The third-order valence-electron chi connectivity index (χ3n) is 6.65. The van der Waals surface area contributed by atoms with E-state index in [4.69, 9.17) is 4.74 Å². The highest BCUT2D eigenvalue weighted by Crippen LogP contribution is 2.47. The van der Waals surface area contributed by atoms with Crippen LogP contribution in [0.3, 0.4) is 0 Å². The molecule has 4 rings (SSSR count). The summed E-state index contributed by atoms with van der Waals surface area (Å²) in [6, 6.07) is 2.04. The van der Waals surface area contributed by atoms with Gasteiger partial charge in [-0.05, 0) is 44.7 Å². The SMILES string of the molecule is CC1(C)C[C@H]2C[C@@H](O)[C@H](N3CCN(c4ccc(C(F)(F)F)cn4)CC3)[C@]2(O)CO1. The molecule has 3 fully saturated rings. The molecule has 3 aliphatic rings. The van der Waals surface area contributed by atoms with E-state index in [2.05, 4.69) is 9.88 Å². The topological polar surface area (TPSA) is 69.1 Å². The Labute approximate surface area is 168 Å². The molecule has 3 heterocycles. The summed E-state index contributed by atoms with van der Waals surface area (Å²) < 4.78 is 44.1. The van der Waals surface area contributed by atoms with Gasteiger partial charge in [0.2, 0.25) is 0 Å². The largest absolute Gasteiger partial charge is 0.417 e. The third kappa shape index (κ3) is 3.85. The predicted octanol–water partition coefficient (Wildman–Crippen LogP) is 1.90. The zero-order valence-corrected chi connectivity index (χ0v) is 16.7. The van der Waals surface area contributed by atoms with Gasteiger partial charge in [-0.2, -0.15) is 13.2 Å². The molecule has 0 aromatic carbocycles. The molecule has 6 nitrogen and oxygen atoms in total. The van der Waals surface area contributed by atoms with Gasteiger partial charge in [0.1, 0.15) is 11.4 Å². The lowest BCUT2D eigenvalue weighted by molar-refractivity contribution is -0.198. The van der Waals surface area contributed by atoms with Gasteiger partial charge >= 0.3 is 6.18 Å². The monoisotopic (exact) mass is 415 g/mol. The maximum absolute atomic E-state index is 12.7. The predicted molar refractivity (Wildman–Crippen MR) is 101 cm³/mol. The minimum atomic E-state index is -4.40. The third-order valence-corrected chi connectivity index (χ3v) is 6.65. The van der Waals surface area contributed by atoms with Gasteiger partial charge in [0.15, 0.2) is 0 Å². The molecule has 0 unspecified atom stereocenters. The second-order valence-electron chi connectivity index (χ2n) is 9.11. The molecule has 1 aromatic rings. The summed E-state index contributed by atoms with van der Waals surface area (Å²) in [5, 5.41) is 22.1. The summed E-state index contributed by atoms with van der Waals surface area (Å²) in [6.07, 6.45) is -2.91. The first-order chi connectivity index (χ1) is 13.5. The molecule has 2 saturated heterocycles. The van der Waals surface area contributed by atoms with Crippen LogP contribution in [0.1, 0.15) is 32.3 Å². The van der Waals surface area contributed by atoms with Crippen LogP contribution in [-0.4, -0.2) is 76.2 Å². The molecule has 162 valence electrons. The van der Waals surface area contributed by atoms with E-state index in [1.807, 2.05) is 18.7 Å². The highest BCUT2D eigenvalue weighted by molar-refractivity contribution is 5.40. The number of halogens is 3. The number of anilines is 1. The number of pyridine rings is 1. The molecule has 2 aliphatic heterocycles. The first kappa shape index (κ1) is 20.8. The normalized spacial score (nSPS) is 35.6.